The van der Waals surface area contributed by atoms with Gasteiger partial charge in [0, 0.05) is 11.1 Å². The maximum Gasteiger partial charge on any atom is 0.260 e. The summed E-state index contributed by atoms with van der Waals surface area (Å²) in [4.78, 5) is 17.5. The fourth-order valence-corrected chi connectivity index (χ4v) is 3.82. The zero-order valence-electron chi connectivity index (χ0n) is 19.9. The van der Waals surface area contributed by atoms with Crippen LogP contribution in [0, 0.1) is 0 Å². The van der Waals surface area contributed by atoms with Crippen molar-refractivity contribution in [3.05, 3.63) is 60.2 Å². The molecule has 0 atom stereocenters. The van der Waals surface area contributed by atoms with Crippen molar-refractivity contribution in [2.45, 2.75) is 0 Å². The van der Waals surface area contributed by atoms with Crippen LogP contribution in [0.3, 0.4) is 0 Å². The van der Waals surface area contributed by atoms with Gasteiger partial charge in [-0.1, -0.05) is 17.3 Å². The van der Waals surface area contributed by atoms with Crippen LogP contribution in [0.25, 0.3) is 22.8 Å². The van der Waals surface area contributed by atoms with E-state index in [0.717, 1.165) is 0 Å². The Bertz CT molecular complexity index is 1390. The first-order chi connectivity index (χ1) is 17.6. The van der Waals surface area contributed by atoms with Gasteiger partial charge in [0.15, 0.2) is 23.0 Å². The van der Waals surface area contributed by atoms with E-state index in [0.29, 0.717) is 70.2 Å². The van der Waals surface area contributed by atoms with Crippen LogP contribution in [-0.4, -0.2) is 50.6 Å². The number of hydrogen-bond acceptors (Lipinski definition) is 9. The van der Waals surface area contributed by atoms with E-state index < -0.39 is 0 Å². The molecule has 0 bridgehead atoms. The largest absolute Gasteiger partial charge is 0.493 e. The van der Waals surface area contributed by atoms with Crippen molar-refractivity contribution in [2.24, 2.45) is 0 Å². The number of hydrogen-bond donors (Lipinski definition) is 1. The molecule has 4 aromatic rings. The van der Waals surface area contributed by atoms with Crippen LogP contribution < -0.4 is 29.0 Å². The number of ether oxygens (including phenoxy) is 5. The highest BCUT2D eigenvalue weighted by Gasteiger charge is 2.20. The molecule has 36 heavy (non-hydrogen) atoms. The van der Waals surface area contributed by atoms with E-state index in [1.165, 1.54) is 21.3 Å². The topological polar surface area (TPSA) is 114 Å². The number of carbonyl (C=O) groups excluding carboxylic acids is 1. The highest BCUT2D eigenvalue weighted by Crippen LogP contribution is 2.41. The van der Waals surface area contributed by atoms with E-state index in [1.54, 1.807) is 48.5 Å². The van der Waals surface area contributed by atoms with E-state index in [4.69, 9.17) is 28.2 Å². The van der Waals surface area contributed by atoms with Gasteiger partial charge in [0.25, 0.3) is 11.8 Å². The average Bonchev–Trinajstić information content (AvgIpc) is 3.42. The Morgan fingerprint density at radius 3 is 2.33 bits per heavy atom. The number of nitrogens with zero attached hydrogens (tertiary/aromatic N) is 2. The van der Waals surface area contributed by atoms with Crippen molar-refractivity contribution in [1.29, 1.82) is 0 Å². The number of benzene rings is 3. The highest BCUT2D eigenvalue weighted by atomic mass is 16.6. The molecule has 0 aliphatic carbocycles. The summed E-state index contributed by atoms with van der Waals surface area (Å²) in [7, 11) is 4.59. The van der Waals surface area contributed by atoms with E-state index >= 15 is 0 Å². The van der Waals surface area contributed by atoms with Crippen LogP contribution in [0.4, 0.5) is 5.69 Å². The first-order valence-corrected chi connectivity index (χ1v) is 11.1. The van der Waals surface area contributed by atoms with Gasteiger partial charge >= 0.3 is 0 Å². The van der Waals surface area contributed by atoms with Crippen molar-refractivity contribution >= 4 is 11.6 Å². The number of anilines is 1. The lowest BCUT2D eigenvalue weighted by atomic mass is 10.1. The quantitative estimate of drug-likeness (QED) is 0.402. The van der Waals surface area contributed by atoms with Crippen LogP contribution in [-0.2, 0) is 0 Å². The number of methoxy groups -OCH3 is 3. The molecule has 5 rings (SSSR count). The van der Waals surface area contributed by atoms with Crippen molar-refractivity contribution in [1.82, 2.24) is 10.1 Å². The lowest BCUT2D eigenvalue weighted by molar-refractivity contribution is 0.102. The lowest BCUT2D eigenvalue weighted by Crippen LogP contribution is -2.17. The summed E-state index contributed by atoms with van der Waals surface area (Å²) in [6, 6.07) is 15.7. The molecule has 2 heterocycles. The molecule has 0 spiro atoms. The van der Waals surface area contributed by atoms with Gasteiger partial charge in [0.2, 0.25) is 11.6 Å². The number of rotatable bonds is 7. The van der Waals surface area contributed by atoms with Crippen molar-refractivity contribution in [3.63, 3.8) is 0 Å². The van der Waals surface area contributed by atoms with Crippen LogP contribution in [0.5, 0.6) is 28.7 Å². The third-order valence-corrected chi connectivity index (χ3v) is 5.56. The molecule has 0 unspecified atom stereocenters. The molecule has 1 N–H and O–H groups in total. The number of para-hydroxylation sites is 1. The van der Waals surface area contributed by atoms with E-state index in [9.17, 15) is 4.79 Å². The average molecular weight is 489 g/mol. The minimum atomic E-state index is -0.316. The molecule has 184 valence electrons. The molecular formula is C26H23N3O7. The van der Waals surface area contributed by atoms with Gasteiger partial charge in [0.1, 0.15) is 13.2 Å². The first-order valence-electron chi connectivity index (χ1n) is 11.1. The lowest BCUT2D eigenvalue weighted by Gasteiger charge is -2.18. The summed E-state index contributed by atoms with van der Waals surface area (Å²) in [5.74, 6) is 2.77. The zero-order chi connectivity index (χ0) is 25.1. The van der Waals surface area contributed by atoms with Crippen molar-refractivity contribution in [3.8, 4) is 51.6 Å². The fourth-order valence-electron chi connectivity index (χ4n) is 3.82. The minimum absolute atomic E-state index is 0.233. The predicted octanol–water partition coefficient (Wildman–Crippen LogP) is 4.45. The second-order valence-corrected chi connectivity index (χ2v) is 7.70. The Morgan fingerprint density at radius 1 is 0.889 bits per heavy atom. The van der Waals surface area contributed by atoms with E-state index in [2.05, 4.69) is 15.5 Å². The summed E-state index contributed by atoms with van der Waals surface area (Å²) in [6.45, 7) is 0.917. The van der Waals surface area contributed by atoms with Crippen molar-refractivity contribution in [2.75, 3.05) is 39.9 Å². The molecule has 10 heteroatoms. The van der Waals surface area contributed by atoms with Crippen LogP contribution >= 0.6 is 0 Å². The summed E-state index contributed by atoms with van der Waals surface area (Å²) in [6.07, 6.45) is 0. The van der Waals surface area contributed by atoms with Crippen LogP contribution in [0.15, 0.2) is 59.1 Å². The van der Waals surface area contributed by atoms with Gasteiger partial charge < -0.3 is 33.5 Å². The molecule has 1 amide bonds. The standard InChI is InChI=1S/C26H23N3O7/c1-31-21-13-16(14-22(32-2)23(21)33-3)24-28-26(36-29-24)17-6-4-5-7-18(17)27-25(30)15-8-9-19-20(12-15)35-11-10-34-19/h4-9,12-14H,10-11H2,1-3H3,(H,27,30). The first kappa shape index (κ1) is 23.0. The number of aromatic nitrogens is 2. The Morgan fingerprint density at radius 2 is 1.61 bits per heavy atom. The van der Waals surface area contributed by atoms with Gasteiger partial charge in [-0.3, -0.25) is 4.79 Å². The third kappa shape index (κ3) is 4.36. The zero-order valence-corrected chi connectivity index (χ0v) is 19.9. The number of fused-ring (bicyclic) bond motifs is 1. The van der Waals surface area contributed by atoms with Crippen LogP contribution in [0.2, 0.25) is 0 Å². The molecule has 0 saturated carbocycles. The molecule has 0 fully saturated rings. The van der Waals surface area contributed by atoms with Gasteiger partial charge in [-0.25, -0.2) is 0 Å². The number of carbonyl (C=O) groups is 1. The Hall–Kier alpha value is -4.73. The monoisotopic (exact) mass is 489 g/mol. The smallest absolute Gasteiger partial charge is 0.260 e. The Balaban J connectivity index is 1.43. The van der Waals surface area contributed by atoms with Gasteiger partial charge in [-0.2, -0.15) is 4.98 Å². The molecule has 1 aliphatic rings. The molecule has 1 aromatic heterocycles. The summed E-state index contributed by atoms with van der Waals surface area (Å²) >= 11 is 0. The minimum Gasteiger partial charge on any atom is -0.493 e. The Labute approximate surface area is 206 Å². The fraction of sp³-hybridized carbons (Fsp3) is 0.192. The summed E-state index contributed by atoms with van der Waals surface area (Å²) in [5, 5.41) is 7.03. The second kappa shape index (κ2) is 9.87. The van der Waals surface area contributed by atoms with Crippen LogP contribution in [0.1, 0.15) is 10.4 Å². The molecule has 0 radical (unpaired) electrons. The van der Waals surface area contributed by atoms with Gasteiger partial charge in [0.05, 0.1) is 32.6 Å². The second-order valence-electron chi connectivity index (χ2n) is 7.70. The maximum atomic E-state index is 13.0. The predicted molar refractivity (Wildman–Crippen MR) is 130 cm³/mol. The number of amides is 1. The third-order valence-electron chi connectivity index (χ3n) is 5.56. The maximum absolute atomic E-state index is 13.0. The van der Waals surface area contributed by atoms with E-state index in [-0.39, 0.29) is 11.8 Å². The SMILES string of the molecule is COc1cc(-c2noc(-c3ccccc3NC(=O)c3ccc4c(c3)OCCO4)n2)cc(OC)c1OC. The highest BCUT2D eigenvalue weighted by molar-refractivity contribution is 6.06. The Kier molecular flexibility index (Phi) is 6.31. The van der Waals surface area contributed by atoms with E-state index in [1.807, 2.05) is 6.07 Å². The van der Waals surface area contributed by atoms with Gasteiger partial charge in [-0.15, -0.1) is 0 Å². The number of nitrogens with one attached hydrogen (secondary N) is 1. The van der Waals surface area contributed by atoms with Gasteiger partial charge in [-0.05, 0) is 42.5 Å². The summed E-state index contributed by atoms with van der Waals surface area (Å²) in [5.41, 5.74) is 2.11. The molecule has 0 saturated heterocycles. The normalized spacial score (nSPS) is 12.1. The molecule has 1 aliphatic heterocycles. The molecular weight excluding hydrogens is 466 g/mol. The molecule has 3 aromatic carbocycles. The van der Waals surface area contributed by atoms with Crippen molar-refractivity contribution < 1.29 is 33.0 Å². The summed E-state index contributed by atoms with van der Waals surface area (Å²) < 4.78 is 32.9. The molecule has 10 nitrogen and oxygen atoms in total.